The minimum absolute atomic E-state index is 0.0648. The second-order valence-corrected chi connectivity index (χ2v) is 15.9. The predicted octanol–water partition coefficient (Wildman–Crippen LogP) is -3.86. The Labute approximate surface area is 355 Å². The Kier molecular flexibility index (Phi) is 23.5. The number of amides is 8. The Morgan fingerprint density at radius 2 is 1.23 bits per heavy atom. The maximum atomic E-state index is 13.4. The van der Waals surface area contributed by atoms with Gasteiger partial charge in [0.2, 0.25) is 47.3 Å². The van der Waals surface area contributed by atoms with Crippen LogP contribution in [0.25, 0.3) is 0 Å². The number of carboxylic acid groups (broad SMARTS) is 2. The van der Waals surface area contributed by atoms with Gasteiger partial charge in [-0.05, 0) is 77.2 Å². The standard InChI is InChI=1S/C38H66N10O13/c1-19(2)14-25(45-32(54)23(40)16-30(51)52)33(55)41-17-29(50)42-22(6)37(59)48-13-9-11-28(48)36(58)43-21(5)31(53)47-27(18-49)35(57)44-24(10-7-8-12-39)34(56)46-26(38(60)61)15-20(3)4/h19-28,49H,7-18,39-40H2,1-6H3,(H,41,55)(H,42,50)(H,43,58)(H,44,57)(H,45,54)(H,46,56)(H,47,53)(H,51,52)(H,60,61)/t21-,22-,23-,24-,25-,26-,27-,28-/m0/s1. The van der Waals surface area contributed by atoms with Crippen molar-refractivity contribution in [3.8, 4) is 0 Å². The van der Waals surface area contributed by atoms with E-state index in [1.807, 2.05) is 0 Å². The number of aliphatic carboxylic acids is 2. The summed E-state index contributed by atoms with van der Waals surface area (Å²) < 4.78 is 0. The molecule has 0 aromatic heterocycles. The number of carboxylic acids is 2. The van der Waals surface area contributed by atoms with E-state index in [2.05, 4.69) is 37.2 Å². The van der Waals surface area contributed by atoms with Gasteiger partial charge in [-0.15, -0.1) is 0 Å². The lowest BCUT2D eigenvalue weighted by molar-refractivity contribution is -0.143. The fourth-order valence-electron chi connectivity index (χ4n) is 6.32. The Balaban J connectivity index is 2.86. The summed E-state index contributed by atoms with van der Waals surface area (Å²) in [7, 11) is 0. The van der Waals surface area contributed by atoms with Crippen molar-refractivity contribution in [2.75, 3.05) is 26.2 Å². The molecule has 1 aliphatic heterocycles. The zero-order chi connectivity index (χ0) is 46.6. The van der Waals surface area contributed by atoms with Crippen LogP contribution in [0.15, 0.2) is 0 Å². The number of nitrogens with zero attached hydrogens (tertiary/aromatic N) is 1. The van der Waals surface area contributed by atoms with Gasteiger partial charge in [-0.1, -0.05) is 27.7 Å². The molecule has 8 amide bonds. The van der Waals surface area contributed by atoms with Gasteiger partial charge in [0.05, 0.1) is 25.6 Å². The smallest absolute Gasteiger partial charge is 0.326 e. The number of aliphatic hydroxyl groups is 1. The lowest BCUT2D eigenvalue weighted by Crippen LogP contribution is -2.59. The van der Waals surface area contributed by atoms with Crippen molar-refractivity contribution < 1.29 is 63.3 Å². The van der Waals surface area contributed by atoms with Crippen LogP contribution in [0.5, 0.6) is 0 Å². The number of nitrogens with one attached hydrogen (secondary N) is 7. The molecule has 23 heteroatoms. The lowest BCUT2D eigenvalue weighted by atomic mass is 10.0. The van der Waals surface area contributed by atoms with Crippen LogP contribution < -0.4 is 48.7 Å². The van der Waals surface area contributed by atoms with Crippen molar-refractivity contribution in [1.82, 2.24) is 42.1 Å². The zero-order valence-electron chi connectivity index (χ0n) is 35.8. The molecule has 61 heavy (non-hydrogen) atoms. The van der Waals surface area contributed by atoms with Gasteiger partial charge in [0.25, 0.3) is 0 Å². The van der Waals surface area contributed by atoms with Gasteiger partial charge < -0.3 is 68.9 Å². The van der Waals surface area contributed by atoms with E-state index in [1.165, 1.54) is 18.7 Å². The van der Waals surface area contributed by atoms with E-state index in [4.69, 9.17) is 16.6 Å². The molecule has 14 N–H and O–H groups in total. The molecule has 1 rings (SSSR count). The SMILES string of the molecule is CC(C)C[C@H](NC(=O)[C@H](CCCCN)NC(=O)[C@H](CO)NC(=O)[C@H](C)NC(=O)[C@@H]1CCCN1C(=O)[C@H](C)NC(=O)CNC(=O)[C@H](CC(C)C)NC(=O)[C@@H](N)CC(=O)O)C(=O)O. The average molecular weight is 871 g/mol. The van der Waals surface area contributed by atoms with Gasteiger partial charge in [0, 0.05) is 6.54 Å². The van der Waals surface area contributed by atoms with E-state index >= 15 is 0 Å². The predicted molar refractivity (Wildman–Crippen MR) is 217 cm³/mol. The summed E-state index contributed by atoms with van der Waals surface area (Å²) in [5, 5.41) is 45.4. The van der Waals surface area contributed by atoms with Crippen LogP contribution in [0, 0.1) is 11.8 Å². The van der Waals surface area contributed by atoms with Crippen LogP contribution in [0.1, 0.15) is 92.9 Å². The van der Waals surface area contributed by atoms with Crippen molar-refractivity contribution in [1.29, 1.82) is 0 Å². The molecule has 23 nitrogen and oxygen atoms in total. The highest BCUT2D eigenvalue weighted by Gasteiger charge is 2.38. The molecule has 1 aliphatic rings. The highest BCUT2D eigenvalue weighted by molar-refractivity contribution is 5.97. The summed E-state index contributed by atoms with van der Waals surface area (Å²) in [5.74, 6) is -9.01. The number of rotatable bonds is 27. The topological polar surface area (TPSA) is 371 Å². The van der Waals surface area contributed by atoms with Crippen LogP contribution in [0.3, 0.4) is 0 Å². The molecule has 0 aromatic carbocycles. The van der Waals surface area contributed by atoms with Gasteiger partial charge in [0.15, 0.2) is 0 Å². The number of unbranched alkanes of at least 4 members (excludes halogenated alkanes) is 1. The Morgan fingerprint density at radius 1 is 0.672 bits per heavy atom. The van der Waals surface area contributed by atoms with Gasteiger partial charge in [-0.3, -0.25) is 43.2 Å². The number of likely N-dealkylation sites (tertiary alicyclic amines) is 1. The van der Waals surface area contributed by atoms with Crippen molar-refractivity contribution in [2.45, 2.75) is 141 Å². The van der Waals surface area contributed by atoms with E-state index in [0.717, 1.165) is 0 Å². The summed E-state index contributed by atoms with van der Waals surface area (Å²) in [6, 6.07) is -10.0. The molecule has 8 atom stereocenters. The first-order valence-corrected chi connectivity index (χ1v) is 20.4. The van der Waals surface area contributed by atoms with Crippen LogP contribution in [-0.2, 0) is 47.9 Å². The van der Waals surface area contributed by atoms with Crippen molar-refractivity contribution in [3.63, 3.8) is 0 Å². The highest BCUT2D eigenvalue weighted by Crippen LogP contribution is 2.19. The van der Waals surface area contributed by atoms with E-state index in [-0.39, 0.29) is 44.1 Å². The quantitative estimate of drug-likeness (QED) is 0.0352. The number of nitrogens with two attached hydrogens (primary N) is 2. The highest BCUT2D eigenvalue weighted by atomic mass is 16.4. The third-order valence-electron chi connectivity index (χ3n) is 9.55. The van der Waals surface area contributed by atoms with Crippen LogP contribution in [0.2, 0.25) is 0 Å². The average Bonchev–Trinajstić information content (AvgIpc) is 3.67. The number of aliphatic hydroxyl groups excluding tert-OH is 1. The summed E-state index contributed by atoms with van der Waals surface area (Å²) in [6.07, 6.45) is 1.25. The van der Waals surface area contributed by atoms with E-state index in [9.17, 15) is 58.2 Å². The fraction of sp³-hybridized carbons (Fsp3) is 0.737. The molecule has 0 spiro atoms. The number of carbonyl (C=O) groups excluding carboxylic acids is 8. The number of hydrogen-bond acceptors (Lipinski definition) is 13. The van der Waals surface area contributed by atoms with Crippen LogP contribution in [0.4, 0.5) is 0 Å². The van der Waals surface area contributed by atoms with E-state index < -0.39 is 127 Å². The first kappa shape index (κ1) is 53.6. The normalized spacial score (nSPS) is 17.1. The van der Waals surface area contributed by atoms with Crippen LogP contribution in [-0.4, -0.2) is 154 Å². The molecule has 1 heterocycles. The molecular weight excluding hydrogens is 804 g/mol. The molecule has 0 aromatic rings. The number of carbonyl (C=O) groups is 10. The Bertz CT molecular complexity index is 1560. The van der Waals surface area contributed by atoms with Crippen molar-refractivity contribution in [2.24, 2.45) is 23.3 Å². The van der Waals surface area contributed by atoms with Crippen LogP contribution >= 0.6 is 0 Å². The molecule has 1 fully saturated rings. The first-order valence-electron chi connectivity index (χ1n) is 20.4. The molecule has 0 radical (unpaired) electrons. The molecule has 0 aliphatic carbocycles. The molecule has 346 valence electrons. The third kappa shape index (κ3) is 19.2. The molecule has 0 unspecified atom stereocenters. The molecule has 1 saturated heterocycles. The minimum atomic E-state index is -1.57. The van der Waals surface area contributed by atoms with E-state index in [0.29, 0.717) is 25.8 Å². The molecular formula is C38H66N10O13. The monoisotopic (exact) mass is 870 g/mol. The second-order valence-electron chi connectivity index (χ2n) is 15.9. The summed E-state index contributed by atoms with van der Waals surface area (Å²) in [6.45, 7) is 8.78. The Hall–Kier alpha value is -5.42. The Morgan fingerprint density at radius 3 is 1.79 bits per heavy atom. The fourth-order valence-corrected chi connectivity index (χ4v) is 6.32. The van der Waals surface area contributed by atoms with Crippen molar-refractivity contribution >= 4 is 59.2 Å². The third-order valence-corrected chi connectivity index (χ3v) is 9.55. The number of hydrogen-bond donors (Lipinski definition) is 12. The van der Waals surface area contributed by atoms with Gasteiger partial charge in [0.1, 0.15) is 42.3 Å². The van der Waals surface area contributed by atoms with Gasteiger partial charge in [-0.2, -0.15) is 0 Å². The van der Waals surface area contributed by atoms with Gasteiger partial charge >= 0.3 is 11.9 Å². The van der Waals surface area contributed by atoms with E-state index in [1.54, 1.807) is 27.7 Å². The first-order chi connectivity index (χ1) is 28.5. The molecule has 0 saturated carbocycles. The summed E-state index contributed by atoms with van der Waals surface area (Å²) in [4.78, 5) is 128. The largest absolute Gasteiger partial charge is 0.481 e. The van der Waals surface area contributed by atoms with Crippen molar-refractivity contribution in [3.05, 3.63) is 0 Å². The summed E-state index contributed by atoms with van der Waals surface area (Å²) >= 11 is 0. The molecule has 0 bridgehead atoms. The lowest BCUT2D eigenvalue weighted by Gasteiger charge is -2.28. The maximum Gasteiger partial charge on any atom is 0.326 e. The minimum Gasteiger partial charge on any atom is -0.481 e. The zero-order valence-corrected chi connectivity index (χ0v) is 35.8. The second kappa shape index (κ2) is 26.7. The summed E-state index contributed by atoms with van der Waals surface area (Å²) in [5.41, 5.74) is 11.2. The van der Waals surface area contributed by atoms with Gasteiger partial charge in [-0.25, -0.2) is 4.79 Å². The maximum absolute atomic E-state index is 13.4.